The van der Waals surface area contributed by atoms with Crippen molar-refractivity contribution < 1.29 is 0 Å². The molecular formula is C51H30N4S2. The van der Waals surface area contributed by atoms with Gasteiger partial charge in [-0.2, -0.15) is 0 Å². The highest BCUT2D eigenvalue weighted by atomic mass is 32.1. The van der Waals surface area contributed by atoms with Crippen molar-refractivity contribution in [2.75, 3.05) is 0 Å². The van der Waals surface area contributed by atoms with E-state index in [0.717, 1.165) is 22.4 Å². The van der Waals surface area contributed by atoms with Crippen molar-refractivity contribution >= 4 is 84.8 Å². The quantitative estimate of drug-likeness (QED) is 0.175. The summed E-state index contributed by atoms with van der Waals surface area (Å²) in [5.74, 6) is 1.99. The van der Waals surface area contributed by atoms with E-state index in [4.69, 9.17) is 15.0 Å². The van der Waals surface area contributed by atoms with E-state index in [1.807, 2.05) is 29.5 Å². The average molecular weight is 763 g/mol. The maximum absolute atomic E-state index is 5.25. The van der Waals surface area contributed by atoms with Crippen LogP contribution in [0.25, 0.3) is 113 Å². The van der Waals surface area contributed by atoms with E-state index in [0.29, 0.717) is 17.5 Å². The Balaban J connectivity index is 1.05. The van der Waals surface area contributed by atoms with Gasteiger partial charge in [0.25, 0.3) is 0 Å². The predicted molar refractivity (Wildman–Crippen MR) is 242 cm³/mol. The number of thiophene rings is 2. The Morgan fingerprint density at radius 2 is 0.965 bits per heavy atom. The van der Waals surface area contributed by atoms with Gasteiger partial charge in [-0.25, -0.2) is 15.0 Å². The van der Waals surface area contributed by atoms with Gasteiger partial charge in [0.2, 0.25) is 0 Å². The van der Waals surface area contributed by atoms with Crippen LogP contribution >= 0.6 is 22.7 Å². The van der Waals surface area contributed by atoms with E-state index in [1.54, 1.807) is 11.3 Å². The molecule has 0 fully saturated rings. The van der Waals surface area contributed by atoms with E-state index < -0.39 is 0 Å². The van der Waals surface area contributed by atoms with E-state index in [-0.39, 0.29) is 0 Å². The molecule has 4 nitrogen and oxygen atoms in total. The largest absolute Gasteiger partial charge is 0.309 e. The van der Waals surface area contributed by atoms with Crippen LogP contribution < -0.4 is 0 Å². The lowest BCUT2D eigenvalue weighted by Crippen LogP contribution is -2.00. The third-order valence-corrected chi connectivity index (χ3v) is 13.4. The molecule has 4 heterocycles. The van der Waals surface area contributed by atoms with Gasteiger partial charge in [0.05, 0.1) is 11.0 Å². The number of fused-ring (bicyclic) bond motifs is 9. The van der Waals surface area contributed by atoms with Crippen LogP contribution in [-0.2, 0) is 0 Å². The summed E-state index contributed by atoms with van der Waals surface area (Å²) in [6.07, 6.45) is 0. The Bertz CT molecular complexity index is 3530. The van der Waals surface area contributed by atoms with Crippen molar-refractivity contribution in [3.8, 4) is 51.0 Å². The first-order chi connectivity index (χ1) is 28.3. The standard InChI is InChI=1S/C51H30N4S2/c1-3-14-31(15-4-1)49-52-50(54-51(53-49)39-23-13-27-45-47(39)38-19-8-10-26-43(38)56-45)32-28-29-44-40(30-32)36-22-11-21-35(48(36)57-44)34-20-12-25-42-46(34)37-18-7-9-24-41(37)55(42)33-16-5-2-6-17-33/h1-30H. The second-order valence-electron chi connectivity index (χ2n) is 14.3. The van der Waals surface area contributed by atoms with Crippen molar-refractivity contribution in [1.29, 1.82) is 0 Å². The summed E-state index contributed by atoms with van der Waals surface area (Å²) < 4.78 is 7.36. The van der Waals surface area contributed by atoms with Crippen LogP contribution in [0.5, 0.6) is 0 Å². The van der Waals surface area contributed by atoms with Crippen LogP contribution in [0.4, 0.5) is 0 Å². The molecule has 4 aromatic heterocycles. The summed E-state index contributed by atoms with van der Waals surface area (Å²) in [6.45, 7) is 0. The molecule has 0 unspecified atom stereocenters. The highest BCUT2D eigenvalue weighted by Gasteiger charge is 2.20. The summed E-state index contributed by atoms with van der Waals surface area (Å²) in [5, 5.41) is 7.34. The number of nitrogens with zero attached hydrogens (tertiary/aromatic N) is 4. The average Bonchev–Trinajstić information content (AvgIpc) is 3.96. The zero-order valence-electron chi connectivity index (χ0n) is 30.4. The van der Waals surface area contributed by atoms with E-state index >= 15 is 0 Å². The molecule has 12 rings (SSSR count). The maximum Gasteiger partial charge on any atom is 0.164 e. The number of aromatic nitrogens is 4. The number of benzene rings is 8. The van der Waals surface area contributed by atoms with Gasteiger partial charge in [0.15, 0.2) is 17.5 Å². The first-order valence-corrected chi connectivity index (χ1v) is 20.7. The molecule has 0 atom stereocenters. The molecule has 0 spiro atoms. The Kier molecular flexibility index (Phi) is 7.24. The van der Waals surface area contributed by atoms with Crippen LogP contribution in [0.2, 0.25) is 0 Å². The third kappa shape index (κ3) is 5.08. The van der Waals surface area contributed by atoms with Gasteiger partial charge in [-0.05, 0) is 60.2 Å². The molecule has 0 amide bonds. The smallest absolute Gasteiger partial charge is 0.164 e. The lowest BCUT2D eigenvalue weighted by Gasteiger charge is -2.10. The minimum Gasteiger partial charge on any atom is -0.309 e. The zero-order chi connectivity index (χ0) is 37.5. The summed E-state index contributed by atoms with van der Waals surface area (Å²) in [6, 6.07) is 64.8. The van der Waals surface area contributed by atoms with Gasteiger partial charge in [0, 0.05) is 79.1 Å². The highest BCUT2D eigenvalue weighted by Crippen LogP contribution is 2.45. The number of hydrogen-bond donors (Lipinski definition) is 0. The van der Waals surface area contributed by atoms with Gasteiger partial charge in [-0.1, -0.05) is 127 Å². The Morgan fingerprint density at radius 3 is 1.84 bits per heavy atom. The minimum atomic E-state index is 0.659. The van der Waals surface area contributed by atoms with Crippen molar-refractivity contribution in [1.82, 2.24) is 19.5 Å². The van der Waals surface area contributed by atoms with Crippen LogP contribution in [0, 0.1) is 0 Å². The summed E-state index contributed by atoms with van der Waals surface area (Å²) in [5.41, 5.74) is 8.97. The van der Waals surface area contributed by atoms with Crippen LogP contribution in [0.1, 0.15) is 0 Å². The summed E-state index contributed by atoms with van der Waals surface area (Å²) in [7, 11) is 0. The fourth-order valence-electron chi connectivity index (χ4n) is 8.55. The molecule has 57 heavy (non-hydrogen) atoms. The predicted octanol–water partition coefficient (Wildman–Crippen LogP) is 14.4. The SMILES string of the molecule is c1ccc(-c2nc(-c3ccc4sc5c(-c6cccc7c6c6ccccc6n7-c6ccccc6)cccc5c4c3)nc(-c3cccc4sc5ccccc5c34)n2)cc1. The normalized spacial score (nSPS) is 11.9. The third-order valence-electron chi connectivity index (χ3n) is 11.1. The monoisotopic (exact) mass is 762 g/mol. The van der Waals surface area contributed by atoms with Crippen molar-refractivity contribution in [2.24, 2.45) is 0 Å². The number of para-hydroxylation sites is 2. The van der Waals surface area contributed by atoms with Gasteiger partial charge in [0.1, 0.15) is 0 Å². The molecule has 12 aromatic rings. The molecule has 266 valence electrons. The highest BCUT2D eigenvalue weighted by molar-refractivity contribution is 7.26. The molecule has 0 aliphatic carbocycles. The van der Waals surface area contributed by atoms with E-state index in [2.05, 4.69) is 168 Å². The van der Waals surface area contributed by atoms with Gasteiger partial charge in [-0.15, -0.1) is 22.7 Å². The number of rotatable bonds is 5. The first-order valence-electron chi connectivity index (χ1n) is 19.0. The fraction of sp³-hybridized carbons (Fsp3) is 0. The second kappa shape index (κ2) is 12.8. The molecule has 0 saturated carbocycles. The molecular weight excluding hydrogens is 733 g/mol. The fourth-order valence-corrected chi connectivity index (χ4v) is 10.9. The molecule has 0 saturated heterocycles. The zero-order valence-corrected chi connectivity index (χ0v) is 32.1. The number of hydrogen-bond acceptors (Lipinski definition) is 5. The molecule has 0 bridgehead atoms. The molecule has 6 heteroatoms. The lowest BCUT2D eigenvalue weighted by molar-refractivity contribution is 1.08. The van der Waals surface area contributed by atoms with Crippen LogP contribution in [0.15, 0.2) is 182 Å². The van der Waals surface area contributed by atoms with Crippen LogP contribution in [-0.4, -0.2) is 19.5 Å². The minimum absolute atomic E-state index is 0.659. The Labute approximate surface area is 335 Å². The van der Waals surface area contributed by atoms with Crippen molar-refractivity contribution in [3.05, 3.63) is 182 Å². The lowest BCUT2D eigenvalue weighted by atomic mass is 9.97. The second-order valence-corrected chi connectivity index (χ2v) is 16.5. The molecule has 0 N–H and O–H groups in total. The molecule has 0 aliphatic heterocycles. The topological polar surface area (TPSA) is 43.6 Å². The van der Waals surface area contributed by atoms with E-state index in [1.165, 1.54) is 73.3 Å². The maximum atomic E-state index is 5.25. The first kappa shape index (κ1) is 32.3. The van der Waals surface area contributed by atoms with Gasteiger partial charge >= 0.3 is 0 Å². The van der Waals surface area contributed by atoms with Gasteiger partial charge in [-0.3, -0.25) is 0 Å². The molecule has 8 aromatic carbocycles. The van der Waals surface area contributed by atoms with Crippen molar-refractivity contribution in [2.45, 2.75) is 0 Å². The molecule has 0 radical (unpaired) electrons. The Hall–Kier alpha value is -6.99. The van der Waals surface area contributed by atoms with Gasteiger partial charge < -0.3 is 4.57 Å². The van der Waals surface area contributed by atoms with E-state index in [9.17, 15) is 0 Å². The van der Waals surface area contributed by atoms with Crippen molar-refractivity contribution in [3.63, 3.8) is 0 Å². The Morgan fingerprint density at radius 1 is 0.351 bits per heavy atom. The summed E-state index contributed by atoms with van der Waals surface area (Å²) in [4.78, 5) is 15.5. The molecule has 0 aliphatic rings. The summed E-state index contributed by atoms with van der Waals surface area (Å²) >= 11 is 3.65. The van der Waals surface area contributed by atoms with Crippen LogP contribution in [0.3, 0.4) is 0 Å².